The van der Waals surface area contributed by atoms with Gasteiger partial charge in [-0.1, -0.05) is 36.4 Å². The lowest BCUT2D eigenvalue weighted by molar-refractivity contribution is 0.0994. The molecule has 0 unspecified atom stereocenters. The molecule has 2 aromatic carbocycles. The molecule has 0 bridgehead atoms. The SMILES string of the molecule is Cc1ccc(CC(=O)c2ccnc3ccccc23)cc1C. The largest absolute Gasteiger partial charge is 0.294 e. The zero-order chi connectivity index (χ0) is 14.8. The average molecular weight is 275 g/mol. The maximum absolute atomic E-state index is 12.6. The topological polar surface area (TPSA) is 30.0 Å². The van der Waals surface area contributed by atoms with E-state index in [1.807, 2.05) is 36.4 Å². The predicted octanol–water partition coefficient (Wildman–Crippen LogP) is 4.28. The van der Waals surface area contributed by atoms with Crippen LogP contribution in [0, 0.1) is 13.8 Å². The highest BCUT2D eigenvalue weighted by molar-refractivity contribution is 6.07. The number of nitrogens with zero attached hydrogens (tertiary/aromatic N) is 1. The Balaban J connectivity index is 1.95. The molecular formula is C19H17NO. The molecule has 0 saturated carbocycles. The van der Waals surface area contributed by atoms with Crippen molar-refractivity contribution < 1.29 is 4.79 Å². The van der Waals surface area contributed by atoms with Gasteiger partial charge >= 0.3 is 0 Å². The van der Waals surface area contributed by atoms with Gasteiger partial charge in [-0.15, -0.1) is 0 Å². The van der Waals surface area contributed by atoms with Crippen LogP contribution in [0.2, 0.25) is 0 Å². The van der Waals surface area contributed by atoms with Gasteiger partial charge in [-0.25, -0.2) is 0 Å². The first kappa shape index (κ1) is 13.5. The quantitative estimate of drug-likeness (QED) is 0.668. The van der Waals surface area contributed by atoms with E-state index in [1.54, 1.807) is 6.20 Å². The van der Waals surface area contributed by atoms with Crippen LogP contribution in [-0.2, 0) is 6.42 Å². The van der Waals surface area contributed by atoms with E-state index in [1.165, 1.54) is 11.1 Å². The standard InChI is InChI=1S/C19H17NO/c1-13-7-8-15(11-14(13)2)12-19(21)17-9-10-20-18-6-4-3-5-16(17)18/h3-11H,12H2,1-2H3. The summed E-state index contributed by atoms with van der Waals surface area (Å²) in [6.07, 6.45) is 2.13. The van der Waals surface area contributed by atoms with E-state index in [-0.39, 0.29) is 5.78 Å². The molecule has 0 radical (unpaired) electrons. The van der Waals surface area contributed by atoms with Crippen molar-refractivity contribution in [2.45, 2.75) is 20.3 Å². The minimum absolute atomic E-state index is 0.136. The molecule has 0 spiro atoms. The Morgan fingerprint density at radius 2 is 1.81 bits per heavy atom. The molecule has 0 N–H and O–H groups in total. The Bertz CT molecular complexity index is 815. The van der Waals surface area contributed by atoms with E-state index in [9.17, 15) is 4.79 Å². The fourth-order valence-electron chi connectivity index (χ4n) is 2.53. The number of pyridine rings is 1. The van der Waals surface area contributed by atoms with Crippen molar-refractivity contribution in [3.63, 3.8) is 0 Å². The van der Waals surface area contributed by atoms with Crippen LogP contribution in [0.5, 0.6) is 0 Å². The average Bonchev–Trinajstić information content (AvgIpc) is 2.50. The van der Waals surface area contributed by atoms with Crippen LogP contribution in [0.25, 0.3) is 10.9 Å². The summed E-state index contributed by atoms with van der Waals surface area (Å²) < 4.78 is 0. The third-order valence-electron chi connectivity index (χ3n) is 3.89. The van der Waals surface area contributed by atoms with Crippen LogP contribution >= 0.6 is 0 Å². The minimum Gasteiger partial charge on any atom is -0.294 e. The third kappa shape index (κ3) is 2.70. The summed E-state index contributed by atoms with van der Waals surface area (Å²) in [5.74, 6) is 0.136. The number of rotatable bonds is 3. The van der Waals surface area contributed by atoms with Gasteiger partial charge in [0.05, 0.1) is 5.52 Å². The van der Waals surface area contributed by atoms with Crippen LogP contribution in [-0.4, -0.2) is 10.8 Å². The molecule has 0 saturated heterocycles. The molecule has 2 nitrogen and oxygen atoms in total. The van der Waals surface area contributed by atoms with Gasteiger partial charge in [-0.05, 0) is 42.7 Å². The Kier molecular flexibility index (Phi) is 3.53. The predicted molar refractivity (Wildman–Crippen MR) is 85.7 cm³/mol. The van der Waals surface area contributed by atoms with Crippen LogP contribution in [0.1, 0.15) is 27.0 Å². The lowest BCUT2D eigenvalue weighted by Gasteiger charge is -2.07. The first-order valence-corrected chi connectivity index (χ1v) is 7.08. The number of hydrogen-bond donors (Lipinski definition) is 0. The maximum atomic E-state index is 12.6. The van der Waals surface area contributed by atoms with Crippen molar-refractivity contribution in [1.82, 2.24) is 4.98 Å². The molecule has 0 aliphatic rings. The van der Waals surface area contributed by atoms with E-state index in [4.69, 9.17) is 0 Å². The number of aromatic nitrogens is 1. The highest BCUT2D eigenvalue weighted by atomic mass is 16.1. The number of ketones is 1. The molecule has 0 aliphatic carbocycles. The molecule has 0 amide bonds. The number of Topliss-reactive ketones (excluding diaryl/α,β-unsaturated/α-hetero) is 1. The van der Waals surface area contributed by atoms with Gasteiger partial charge in [-0.3, -0.25) is 9.78 Å². The molecule has 0 aliphatic heterocycles. The monoisotopic (exact) mass is 275 g/mol. The molecule has 21 heavy (non-hydrogen) atoms. The Hall–Kier alpha value is -2.48. The van der Waals surface area contributed by atoms with E-state index < -0.39 is 0 Å². The fourth-order valence-corrected chi connectivity index (χ4v) is 2.53. The second kappa shape index (κ2) is 5.49. The Morgan fingerprint density at radius 1 is 1.00 bits per heavy atom. The lowest BCUT2D eigenvalue weighted by atomic mass is 9.98. The van der Waals surface area contributed by atoms with Gasteiger partial charge in [0.1, 0.15) is 0 Å². The molecular weight excluding hydrogens is 258 g/mol. The van der Waals surface area contributed by atoms with Gasteiger partial charge in [0.25, 0.3) is 0 Å². The second-order valence-corrected chi connectivity index (χ2v) is 5.39. The molecule has 3 rings (SSSR count). The van der Waals surface area contributed by atoms with Crippen molar-refractivity contribution in [1.29, 1.82) is 0 Å². The summed E-state index contributed by atoms with van der Waals surface area (Å²) in [5.41, 5.74) is 5.15. The number of benzene rings is 2. The lowest BCUT2D eigenvalue weighted by Crippen LogP contribution is -2.05. The van der Waals surface area contributed by atoms with Crippen molar-refractivity contribution >= 4 is 16.7 Å². The summed E-state index contributed by atoms with van der Waals surface area (Å²) in [4.78, 5) is 16.9. The molecule has 1 heterocycles. The van der Waals surface area contributed by atoms with Crippen LogP contribution in [0.3, 0.4) is 0 Å². The zero-order valence-corrected chi connectivity index (χ0v) is 12.3. The third-order valence-corrected chi connectivity index (χ3v) is 3.89. The first-order valence-electron chi connectivity index (χ1n) is 7.08. The number of fused-ring (bicyclic) bond motifs is 1. The summed E-state index contributed by atoms with van der Waals surface area (Å²) in [5, 5.41) is 0.925. The number of hydrogen-bond acceptors (Lipinski definition) is 2. The first-order chi connectivity index (χ1) is 10.1. The van der Waals surface area contributed by atoms with E-state index in [2.05, 4.69) is 31.0 Å². The second-order valence-electron chi connectivity index (χ2n) is 5.39. The number of carbonyl (C=O) groups excluding carboxylic acids is 1. The van der Waals surface area contributed by atoms with Crippen molar-refractivity contribution in [3.05, 3.63) is 77.0 Å². The van der Waals surface area contributed by atoms with Crippen LogP contribution in [0.15, 0.2) is 54.7 Å². The zero-order valence-electron chi connectivity index (χ0n) is 12.3. The van der Waals surface area contributed by atoms with Gasteiger partial charge in [0.15, 0.2) is 5.78 Å². The van der Waals surface area contributed by atoms with Crippen molar-refractivity contribution in [2.75, 3.05) is 0 Å². The molecule has 0 fully saturated rings. The van der Waals surface area contributed by atoms with Gasteiger partial charge in [0.2, 0.25) is 0 Å². The smallest absolute Gasteiger partial charge is 0.167 e. The van der Waals surface area contributed by atoms with Gasteiger partial charge < -0.3 is 0 Å². The Labute approximate surface area is 124 Å². The van der Waals surface area contributed by atoms with Gasteiger partial charge in [0, 0.05) is 23.6 Å². The highest BCUT2D eigenvalue weighted by Crippen LogP contribution is 2.19. The summed E-state index contributed by atoms with van der Waals surface area (Å²) >= 11 is 0. The van der Waals surface area contributed by atoms with Crippen molar-refractivity contribution in [3.8, 4) is 0 Å². The van der Waals surface area contributed by atoms with Crippen molar-refractivity contribution in [2.24, 2.45) is 0 Å². The summed E-state index contributed by atoms with van der Waals surface area (Å²) in [7, 11) is 0. The molecule has 104 valence electrons. The van der Waals surface area contributed by atoms with E-state index >= 15 is 0 Å². The van der Waals surface area contributed by atoms with Crippen LogP contribution in [0.4, 0.5) is 0 Å². The van der Waals surface area contributed by atoms with E-state index in [0.717, 1.165) is 22.0 Å². The molecule has 3 aromatic rings. The highest BCUT2D eigenvalue weighted by Gasteiger charge is 2.11. The van der Waals surface area contributed by atoms with Gasteiger partial charge in [-0.2, -0.15) is 0 Å². The summed E-state index contributed by atoms with van der Waals surface area (Å²) in [6.45, 7) is 4.16. The molecule has 0 atom stereocenters. The normalized spacial score (nSPS) is 10.8. The van der Waals surface area contributed by atoms with E-state index in [0.29, 0.717) is 6.42 Å². The maximum Gasteiger partial charge on any atom is 0.167 e. The minimum atomic E-state index is 0.136. The Morgan fingerprint density at radius 3 is 2.62 bits per heavy atom. The number of para-hydroxylation sites is 1. The number of aryl methyl sites for hydroxylation is 2. The molecule has 2 heteroatoms. The molecule has 1 aromatic heterocycles. The fraction of sp³-hybridized carbons (Fsp3) is 0.158. The van der Waals surface area contributed by atoms with Crippen LogP contribution < -0.4 is 0 Å². The number of carbonyl (C=O) groups is 1. The summed E-state index contributed by atoms with van der Waals surface area (Å²) in [6, 6.07) is 15.8.